The van der Waals surface area contributed by atoms with Gasteiger partial charge in [0.25, 0.3) is 0 Å². The smallest absolute Gasteiger partial charge is 0.414 e. The van der Waals surface area contributed by atoms with Crippen LogP contribution in [0.25, 0.3) is 11.1 Å². The molecule has 0 radical (unpaired) electrons. The highest BCUT2D eigenvalue weighted by Crippen LogP contribution is 2.29. The third kappa shape index (κ3) is 5.56. The fourth-order valence-electron chi connectivity index (χ4n) is 3.82. The van der Waals surface area contributed by atoms with Crippen LogP contribution in [0.4, 0.5) is 14.9 Å². The van der Waals surface area contributed by atoms with Gasteiger partial charge in [-0.1, -0.05) is 24.3 Å². The van der Waals surface area contributed by atoms with Gasteiger partial charge in [-0.15, -0.1) is 0 Å². The van der Waals surface area contributed by atoms with E-state index < -0.39 is 18.0 Å². The zero-order chi connectivity index (χ0) is 23.4. The Morgan fingerprint density at radius 2 is 2.06 bits per heavy atom. The normalized spacial score (nSPS) is 15.7. The molecule has 8 nitrogen and oxygen atoms in total. The molecule has 2 N–H and O–H groups in total. The molecule has 172 valence electrons. The number of ether oxygens (including phenoxy) is 1. The monoisotopic (exact) mass is 451 g/mol. The van der Waals surface area contributed by atoms with Gasteiger partial charge in [-0.3, -0.25) is 14.6 Å². The van der Waals surface area contributed by atoms with E-state index in [1.807, 2.05) is 31.3 Å². The van der Waals surface area contributed by atoms with E-state index in [-0.39, 0.29) is 19.0 Å². The molecular formula is C24H26FN5O3. The van der Waals surface area contributed by atoms with Crippen LogP contribution < -0.4 is 10.2 Å². The van der Waals surface area contributed by atoms with Crippen LogP contribution in [0.2, 0.25) is 0 Å². The van der Waals surface area contributed by atoms with Crippen LogP contribution >= 0.6 is 0 Å². The molecule has 4 rings (SSSR count). The number of nitrogens with zero attached hydrogens (tertiary/aromatic N) is 3. The van der Waals surface area contributed by atoms with Crippen LogP contribution in [0.3, 0.4) is 0 Å². The second-order valence-corrected chi connectivity index (χ2v) is 8.16. The van der Waals surface area contributed by atoms with Crippen LogP contribution in [0, 0.1) is 5.82 Å². The average Bonchev–Trinajstić information content (AvgIpc) is 3.42. The summed E-state index contributed by atoms with van der Waals surface area (Å²) in [4.78, 5) is 33.9. The van der Waals surface area contributed by atoms with E-state index in [2.05, 4.69) is 20.2 Å². The minimum Gasteiger partial charge on any atom is -0.442 e. The van der Waals surface area contributed by atoms with Gasteiger partial charge in [0, 0.05) is 37.5 Å². The standard InChI is InChI=1S/C24H26FN5O3/c1-16(31)27-11-21-14-30(24(32)33-21)20-7-8-22(23(25)9-20)18-5-3-17(4-6-18)12-29(2)13-19-10-26-15-28-19/h3-10,15,21H,11-14H2,1-2H3,(H,26,28)(H,27,31). The lowest BCUT2D eigenvalue weighted by atomic mass is 10.0. The Hall–Kier alpha value is -3.72. The number of aromatic nitrogens is 2. The summed E-state index contributed by atoms with van der Waals surface area (Å²) in [6.07, 6.45) is 2.44. The second-order valence-electron chi connectivity index (χ2n) is 8.16. The van der Waals surface area contributed by atoms with Crippen molar-refractivity contribution in [2.24, 2.45) is 0 Å². The number of hydrogen-bond donors (Lipinski definition) is 2. The SMILES string of the molecule is CC(=O)NCC1CN(c2ccc(-c3ccc(CN(C)Cc4cnc[nH]4)cc3)c(F)c2)C(=O)O1. The van der Waals surface area contributed by atoms with Crippen LogP contribution in [0.1, 0.15) is 18.2 Å². The second kappa shape index (κ2) is 9.83. The Morgan fingerprint density at radius 3 is 2.73 bits per heavy atom. The van der Waals surface area contributed by atoms with Crippen molar-refractivity contribution in [3.8, 4) is 11.1 Å². The number of anilines is 1. The first-order valence-corrected chi connectivity index (χ1v) is 10.7. The maximum atomic E-state index is 14.9. The van der Waals surface area contributed by atoms with Gasteiger partial charge in [-0.2, -0.15) is 0 Å². The van der Waals surface area contributed by atoms with Gasteiger partial charge >= 0.3 is 6.09 Å². The Morgan fingerprint density at radius 1 is 1.27 bits per heavy atom. The fourth-order valence-corrected chi connectivity index (χ4v) is 3.82. The van der Waals surface area contributed by atoms with E-state index in [4.69, 9.17) is 4.74 Å². The lowest BCUT2D eigenvalue weighted by molar-refractivity contribution is -0.119. The van der Waals surface area contributed by atoms with Crippen molar-refractivity contribution in [3.05, 3.63) is 72.1 Å². The summed E-state index contributed by atoms with van der Waals surface area (Å²) in [5.41, 5.74) is 3.79. The molecule has 2 aromatic carbocycles. The zero-order valence-corrected chi connectivity index (χ0v) is 18.5. The molecule has 1 aliphatic rings. The van der Waals surface area contributed by atoms with Crippen LogP contribution in [0.5, 0.6) is 0 Å². The molecular weight excluding hydrogens is 425 g/mol. The van der Waals surface area contributed by atoms with E-state index in [0.29, 0.717) is 11.3 Å². The van der Waals surface area contributed by atoms with Gasteiger partial charge in [-0.05, 0) is 36.4 Å². The number of nitrogens with one attached hydrogen (secondary N) is 2. The van der Waals surface area contributed by atoms with Gasteiger partial charge in [0.05, 0.1) is 25.1 Å². The first kappa shape index (κ1) is 22.5. The van der Waals surface area contributed by atoms with Gasteiger partial charge < -0.3 is 15.0 Å². The van der Waals surface area contributed by atoms with Crippen molar-refractivity contribution < 1.29 is 18.7 Å². The summed E-state index contributed by atoms with van der Waals surface area (Å²) < 4.78 is 20.2. The Kier molecular flexibility index (Phi) is 6.69. The molecule has 0 aliphatic carbocycles. The van der Waals surface area contributed by atoms with Gasteiger partial charge in [0.2, 0.25) is 5.91 Å². The Labute approximate surface area is 191 Å². The zero-order valence-electron chi connectivity index (χ0n) is 18.5. The Bertz CT molecular complexity index is 1120. The lowest BCUT2D eigenvalue weighted by Gasteiger charge is -2.16. The summed E-state index contributed by atoms with van der Waals surface area (Å²) >= 11 is 0. The largest absolute Gasteiger partial charge is 0.442 e. The number of amides is 2. The number of benzene rings is 2. The molecule has 1 aromatic heterocycles. The van der Waals surface area contributed by atoms with E-state index >= 15 is 0 Å². The molecule has 2 heterocycles. The molecule has 33 heavy (non-hydrogen) atoms. The highest BCUT2D eigenvalue weighted by Gasteiger charge is 2.32. The molecule has 0 bridgehead atoms. The molecule has 1 aliphatic heterocycles. The predicted molar refractivity (Wildman–Crippen MR) is 122 cm³/mol. The molecule has 3 aromatic rings. The molecule has 1 atom stereocenters. The number of rotatable bonds is 8. The number of halogens is 1. The minimum absolute atomic E-state index is 0.199. The molecule has 1 fully saturated rings. The third-order valence-corrected chi connectivity index (χ3v) is 5.43. The quantitative estimate of drug-likeness (QED) is 0.548. The van der Waals surface area contributed by atoms with Crippen LogP contribution in [0.15, 0.2) is 55.0 Å². The number of cyclic esters (lactones) is 1. The minimum atomic E-state index is -0.555. The molecule has 9 heteroatoms. The molecule has 0 saturated carbocycles. The van der Waals surface area contributed by atoms with Gasteiger partial charge in [0.1, 0.15) is 11.9 Å². The first-order chi connectivity index (χ1) is 15.9. The van der Waals surface area contributed by atoms with Gasteiger partial charge in [0.15, 0.2) is 0 Å². The number of imidazole rings is 1. The fraction of sp³-hybridized carbons (Fsp3) is 0.292. The first-order valence-electron chi connectivity index (χ1n) is 10.7. The number of carbonyl (C=O) groups excluding carboxylic acids is 2. The molecule has 1 unspecified atom stereocenters. The predicted octanol–water partition coefficient (Wildman–Crippen LogP) is 3.31. The number of hydrogen-bond acceptors (Lipinski definition) is 5. The highest BCUT2D eigenvalue weighted by molar-refractivity contribution is 5.90. The molecule has 0 spiro atoms. The van der Waals surface area contributed by atoms with Crippen molar-refractivity contribution in [1.29, 1.82) is 0 Å². The van der Waals surface area contributed by atoms with Crippen molar-refractivity contribution in [2.45, 2.75) is 26.1 Å². The van der Waals surface area contributed by atoms with Crippen LogP contribution in [-0.2, 0) is 22.6 Å². The van der Waals surface area contributed by atoms with E-state index in [1.54, 1.807) is 24.7 Å². The van der Waals surface area contributed by atoms with Crippen molar-refractivity contribution >= 4 is 17.7 Å². The lowest BCUT2D eigenvalue weighted by Crippen LogP contribution is -2.33. The van der Waals surface area contributed by atoms with Crippen molar-refractivity contribution in [3.63, 3.8) is 0 Å². The van der Waals surface area contributed by atoms with E-state index in [1.165, 1.54) is 17.9 Å². The Balaban J connectivity index is 1.40. The number of H-pyrrole nitrogens is 1. The summed E-state index contributed by atoms with van der Waals surface area (Å²) in [6, 6.07) is 12.5. The van der Waals surface area contributed by atoms with Gasteiger partial charge in [-0.25, -0.2) is 14.2 Å². The maximum Gasteiger partial charge on any atom is 0.414 e. The third-order valence-electron chi connectivity index (χ3n) is 5.43. The number of carbonyl (C=O) groups is 2. The molecule has 2 amide bonds. The average molecular weight is 452 g/mol. The van der Waals surface area contributed by atoms with Crippen LogP contribution in [-0.4, -0.2) is 53.1 Å². The summed E-state index contributed by atoms with van der Waals surface area (Å²) in [5, 5.41) is 2.62. The van der Waals surface area contributed by atoms with Crippen molar-refractivity contribution in [2.75, 3.05) is 25.0 Å². The summed E-state index contributed by atoms with van der Waals surface area (Å²) in [7, 11) is 2.03. The number of aromatic amines is 1. The summed E-state index contributed by atoms with van der Waals surface area (Å²) in [6.45, 7) is 3.37. The van der Waals surface area contributed by atoms with E-state index in [0.717, 1.165) is 29.9 Å². The highest BCUT2D eigenvalue weighted by atomic mass is 19.1. The van der Waals surface area contributed by atoms with E-state index in [9.17, 15) is 14.0 Å². The maximum absolute atomic E-state index is 14.9. The summed E-state index contributed by atoms with van der Waals surface area (Å²) in [5.74, 6) is -0.620. The topological polar surface area (TPSA) is 90.6 Å². The molecule has 1 saturated heterocycles. The van der Waals surface area contributed by atoms with Crippen molar-refractivity contribution in [1.82, 2.24) is 20.2 Å².